The molecular weight excluding hydrogens is 138 g/mol. The van der Waals surface area contributed by atoms with Gasteiger partial charge in [-0.15, -0.1) is 0 Å². The van der Waals surface area contributed by atoms with E-state index in [0.717, 1.165) is 19.4 Å². The molecule has 0 aromatic carbocycles. The van der Waals surface area contributed by atoms with Crippen molar-refractivity contribution in [1.82, 2.24) is 0 Å². The topological polar surface area (TPSA) is 35.2 Å². The van der Waals surface area contributed by atoms with E-state index in [1.807, 2.05) is 6.92 Å². The Morgan fingerprint density at radius 2 is 2.27 bits per heavy atom. The van der Waals surface area contributed by atoms with Gasteiger partial charge >= 0.3 is 0 Å². The van der Waals surface area contributed by atoms with Crippen molar-refractivity contribution in [2.45, 2.75) is 45.8 Å². The third-order valence-electron chi connectivity index (χ3n) is 2.12. The zero-order valence-electron chi connectivity index (χ0n) is 7.76. The second-order valence-electron chi connectivity index (χ2n) is 4.51. The van der Waals surface area contributed by atoms with E-state index in [1.165, 1.54) is 0 Å². The smallest absolute Gasteiger partial charge is 0.0596 e. The number of hydrogen-bond acceptors (Lipinski definition) is 2. The molecule has 1 heterocycles. The molecule has 1 unspecified atom stereocenters. The highest BCUT2D eigenvalue weighted by Crippen LogP contribution is 2.32. The first-order valence-corrected chi connectivity index (χ1v) is 4.37. The van der Waals surface area contributed by atoms with Crippen LogP contribution in [0.3, 0.4) is 0 Å². The average molecular weight is 157 g/mol. The highest BCUT2D eigenvalue weighted by atomic mass is 16.5. The quantitative estimate of drug-likeness (QED) is 0.660. The van der Waals surface area contributed by atoms with Crippen LogP contribution in [0.15, 0.2) is 0 Å². The van der Waals surface area contributed by atoms with Crippen molar-refractivity contribution in [3.8, 4) is 0 Å². The van der Waals surface area contributed by atoms with Gasteiger partial charge in [-0.25, -0.2) is 0 Å². The van der Waals surface area contributed by atoms with Gasteiger partial charge in [0.25, 0.3) is 0 Å². The summed E-state index contributed by atoms with van der Waals surface area (Å²) in [4.78, 5) is 0. The van der Waals surface area contributed by atoms with Crippen LogP contribution in [0.5, 0.6) is 0 Å². The number of rotatable bonds is 2. The molecule has 0 aliphatic carbocycles. The molecule has 2 N–H and O–H groups in total. The van der Waals surface area contributed by atoms with Gasteiger partial charge in [-0.1, -0.05) is 13.8 Å². The molecule has 11 heavy (non-hydrogen) atoms. The summed E-state index contributed by atoms with van der Waals surface area (Å²) < 4.78 is 5.60. The van der Waals surface area contributed by atoms with Crippen molar-refractivity contribution >= 4 is 0 Å². The minimum atomic E-state index is 0.272. The Kier molecular flexibility index (Phi) is 2.55. The SMILES string of the molecule is C[C@H](N)CC1CC(C)(C)CO1. The van der Waals surface area contributed by atoms with E-state index in [9.17, 15) is 0 Å². The Balaban J connectivity index is 2.31. The Labute approximate surface area is 69.1 Å². The van der Waals surface area contributed by atoms with Crippen LogP contribution in [0.25, 0.3) is 0 Å². The van der Waals surface area contributed by atoms with Crippen LogP contribution in [0.4, 0.5) is 0 Å². The molecule has 1 fully saturated rings. The number of nitrogens with two attached hydrogens (primary N) is 1. The molecule has 0 spiro atoms. The largest absolute Gasteiger partial charge is 0.378 e. The van der Waals surface area contributed by atoms with Gasteiger partial charge < -0.3 is 10.5 Å². The van der Waals surface area contributed by atoms with E-state index in [2.05, 4.69) is 13.8 Å². The van der Waals surface area contributed by atoms with Crippen LogP contribution in [-0.4, -0.2) is 18.8 Å². The van der Waals surface area contributed by atoms with Crippen molar-refractivity contribution in [2.75, 3.05) is 6.61 Å². The fourth-order valence-electron chi connectivity index (χ4n) is 1.64. The summed E-state index contributed by atoms with van der Waals surface area (Å²) in [5.41, 5.74) is 6.06. The summed E-state index contributed by atoms with van der Waals surface area (Å²) in [6.07, 6.45) is 2.57. The molecule has 0 aromatic rings. The predicted molar refractivity (Wildman–Crippen MR) is 46.4 cm³/mol. The summed E-state index contributed by atoms with van der Waals surface area (Å²) in [7, 11) is 0. The van der Waals surface area contributed by atoms with Crippen molar-refractivity contribution in [3.63, 3.8) is 0 Å². The van der Waals surface area contributed by atoms with Crippen LogP contribution >= 0.6 is 0 Å². The molecule has 0 amide bonds. The van der Waals surface area contributed by atoms with E-state index >= 15 is 0 Å². The Morgan fingerprint density at radius 3 is 2.64 bits per heavy atom. The van der Waals surface area contributed by atoms with Crippen molar-refractivity contribution in [3.05, 3.63) is 0 Å². The lowest BCUT2D eigenvalue weighted by Gasteiger charge is -2.14. The number of hydrogen-bond donors (Lipinski definition) is 1. The van der Waals surface area contributed by atoms with Gasteiger partial charge in [0.15, 0.2) is 0 Å². The molecule has 2 heteroatoms. The average Bonchev–Trinajstić information content (AvgIpc) is 2.08. The van der Waals surface area contributed by atoms with Gasteiger partial charge in [-0.2, -0.15) is 0 Å². The normalized spacial score (nSPS) is 32.2. The molecule has 0 radical (unpaired) electrons. The molecule has 2 atom stereocenters. The lowest BCUT2D eigenvalue weighted by Crippen LogP contribution is -2.22. The lowest BCUT2D eigenvalue weighted by atomic mass is 9.89. The summed E-state index contributed by atoms with van der Waals surface area (Å²) in [6.45, 7) is 7.42. The van der Waals surface area contributed by atoms with Gasteiger partial charge in [0.2, 0.25) is 0 Å². The summed E-state index contributed by atoms with van der Waals surface area (Å²) >= 11 is 0. The molecule has 0 saturated carbocycles. The van der Waals surface area contributed by atoms with E-state index in [-0.39, 0.29) is 6.04 Å². The van der Waals surface area contributed by atoms with Crippen molar-refractivity contribution < 1.29 is 4.74 Å². The molecule has 0 bridgehead atoms. The number of ether oxygens (including phenoxy) is 1. The van der Waals surface area contributed by atoms with Crippen LogP contribution in [-0.2, 0) is 4.74 Å². The van der Waals surface area contributed by atoms with Gasteiger partial charge in [0.1, 0.15) is 0 Å². The van der Waals surface area contributed by atoms with E-state index in [4.69, 9.17) is 10.5 Å². The first kappa shape index (κ1) is 9.01. The maximum atomic E-state index is 5.68. The zero-order chi connectivity index (χ0) is 8.48. The maximum Gasteiger partial charge on any atom is 0.0596 e. The van der Waals surface area contributed by atoms with Crippen molar-refractivity contribution in [2.24, 2.45) is 11.1 Å². The monoisotopic (exact) mass is 157 g/mol. The highest BCUT2D eigenvalue weighted by molar-refractivity contribution is 4.81. The summed E-state index contributed by atoms with van der Waals surface area (Å²) in [6, 6.07) is 0.272. The van der Waals surface area contributed by atoms with E-state index in [0.29, 0.717) is 11.5 Å². The van der Waals surface area contributed by atoms with Crippen molar-refractivity contribution in [1.29, 1.82) is 0 Å². The van der Waals surface area contributed by atoms with E-state index in [1.54, 1.807) is 0 Å². The molecule has 1 rings (SSSR count). The Hall–Kier alpha value is -0.0800. The third-order valence-corrected chi connectivity index (χ3v) is 2.12. The van der Waals surface area contributed by atoms with Gasteiger partial charge in [0.05, 0.1) is 12.7 Å². The second-order valence-corrected chi connectivity index (χ2v) is 4.51. The van der Waals surface area contributed by atoms with Gasteiger partial charge in [0, 0.05) is 6.04 Å². The molecule has 66 valence electrons. The van der Waals surface area contributed by atoms with Gasteiger partial charge in [-0.05, 0) is 25.2 Å². The summed E-state index contributed by atoms with van der Waals surface area (Å²) in [5.74, 6) is 0. The van der Waals surface area contributed by atoms with Crippen LogP contribution in [0, 0.1) is 5.41 Å². The standard InChI is InChI=1S/C9H19NO/c1-7(10)4-8-5-9(2,3)6-11-8/h7-8H,4-6,10H2,1-3H3/t7-,8?/m0/s1. The second kappa shape index (κ2) is 3.11. The maximum absolute atomic E-state index is 5.68. The fourth-order valence-corrected chi connectivity index (χ4v) is 1.64. The first-order valence-electron chi connectivity index (χ1n) is 4.37. The van der Waals surface area contributed by atoms with E-state index < -0.39 is 0 Å². The first-order chi connectivity index (χ1) is 4.99. The van der Waals surface area contributed by atoms with Gasteiger partial charge in [-0.3, -0.25) is 0 Å². The zero-order valence-corrected chi connectivity index (χ0v) is 7.76. The molecule has 1 aliphatic rings. The summed E-state index contributed by atoms with van der Waals surface area (Å²) in [5, 5.41) is 0. The molecule has 2 nitrogen and oxygen atoms in total. The Morgan fingerprint density at radius 1 is 1.64 bits per heavy atom. The highest BCUT2D eigenvalue weighted by Gasteiger charge is 2.31. The third kappa shape index (κ3) is 2.80. The van der Waals surface area contributed by atoms with Crippen LogP contribution < -0.4 is 5.73 Å². The Bertz CT molecular complexity index is 132. The lowest BCUT2D eigenvalue weighted by molar-refractivity contribution is 0.0902. The fraction of sp³-hybridized carbons (Fsp3) is 1.00. The molecule has 1 aliphatic heterocycles. The minimum Gasteiger partial charge on any atom is -0.378 e. The predicted octanol–water partition coefficient (Wildman–Crippen LogP) is 1.54. The minimum absolute atomic E-state index is 0.272. The molecule has 0 aromatic heterocycles. The van der Waals surface area contributed by atoms with Crippen LogP contribution in [0.1, 0.15) is 33.6 Å². The van der Waals surface area contributed by atoms with Crippen LogP contribution in [0.2, 0.25) is 0 Å². The molecular formula is C9H19NO. The molecule has 1 saturated heterocycles.